The zero-order valence-corrected chi connectivity index (χ0v) is 15.5. The van der Waals surface area contributed by atoms with Crippen LogP contribution in [0.2, 0.25) is 0 Å². The Morgan fingerprint density at radius 1 is 1.19 bits per heavy atom. The van der Waals surface area contributed by atoms with Crippen molar-refractivity contribution in [2.75, 3.05) is 25.1 Å². The zero-order valence-electron chi connectivity index (χ0n) is 14.6. The SMILES string of the molecule is Cl.NC(=O)c1ccccc1Oc1ccc(NC(=O)CC2COCCN2)cc1. The van der Waals surface area contributed by atoms with Gasteiger partial charge in [-0.3, -0.25) is 9.59 Å². The Kier molecular flexibility index (Phi) is 7.60. The summed E-state index contributed by atoms with van der Waals surface area (Å²) in [6, 6.07) is 13.7. The summed E-state index contributed by atoms with van der Waals surface area (Å²) < 4.78 is 11.1. The largest absolute Gasteiger partial charge is 0.457 e. The van der Waals surface area contributed by atoms with Gasteiger partial charge in [0.15, 0.2) is 0 Å². The predicted octanol–water partition coefficient (Wildman–Crippen LogP) is 2.32. The third kappa shape index (κ3) is 5.96. The number of nitrogens with two attached hydrogens (primary N) is 1. The van der Waals surface area contributed by atoms with Gasteiger partial charge in [0.25, 0.3) is 5.91 Å². The van der Waals surface area contributed by atoms with Crippen molar-refractivity contribution >= 4 is 29.9 Å². The van der Waals surface area contributed by atoms with Gasteiger partial charge in [-0.05, 0) is 36.4 Å². The van der Waals surface area contributed by atoms with Crippen LogP contribution in [-0.4, -0.2) is 37.6 Å². The molecule has 0 radical (unpaired) electrons. The standard InChI is InChI=1S/C19H21N3O4.ClH/c20-19(24)16-3-1-2-4-17(16)26-15-7-5-13(6-8-15)22-18(23)11-14-12-25-10-9-21-14;/h1-8,14,21H,9-12H2,(H2,20,24)(H,22,23);1H. The van der Waals surface area contributed by atoms with Crippen molar-refractivity contribution in [1.29, 1.82) is 0 Å². The first kappa shape index (κ1) is 20.7. The van der Waals surface area contributed by atoms with Crippen molar-refractivity contribution in [1.82, 2.24) is 5.32 Å². The number of hydrogen-bond donors (Lipinski definition) is 3. The van der Waals surface area contributed by atoms with Crippen LogP contribution in [0.15, 0.2) is 48.5 Å². The van der Waals surface area contributed by atoms with E-state index in [0.29, 0.717) is 42.4 Å². The minimum atomic E-state index is -0.551. The molecule has 0 saturated carbocycles. The number of rotatable bonds is 6. The van der Waals surface area contributed by atoms with E-state index in [2.05, 4.69) is 10.6 Å². The predicted molar refractivity (Wildman–Crippen MR) is 105 cm³/mol. The number of anilines is 1. The van der Waals surface area contributed by atoms with Crippen molar-refractivity contribution in [3.8, 4) is 11.5 Å². The van der Waals surface area contributed by atoms with E-state index in [4.69, 9.17) is 15.2 Å². The molecule has 8 heteroatoms. The van der Waals surface area contributed by atoms with Gasteiger partial charge in [0.2, 0.25) is 5.91 Å². The number of para-hydroxylation sites is 1. The van der Waals surface area contributed by atoms with E-state index < -0.39 is 5.91 Å². The topological polar surface area (TPSA) is 103 Å². The highest BCUT2D eigenvalue weighted by atomic mass is 35.5. The minimum Gasteiger partial charge on any atom is -0.457 e. The first-order valence-electron chi connectivity index (χ1n) is 8.39. The summed E-state index contributed by atoms with van der Waals surface area (Å²) in [4.78, 5) is 23.5. The summed E-state index contributed by atoms with van der Waals surface area (Å²) in [5.74, 6) is 0.296. The Balaban J connectivity index is 0.00000261. The van der Waals surface area contributed by atoms with Crippen molar-refractivity contribution in [3.63, 3.8) is 0 Å². The third-order valence-electron chi connectivity index (χ3n) is 3.95. The van der Waals surface area contributed by atoms with E-state index in [0.717, 1.165) is 6.54 Å². The number of morpholine rings is 1. The molecular formula is C19H22ClN3O4. The molecular weight excluding hydrogens is 370 g/mol. The summed E-state index contributed by atoms with van der Waals surface area (Å²) in [6.45, 7) is 1.98. The summed E-state index contributed by atoms with van der Waals surface area (Å²) in [7, 11) is 0. The van der Waals surface area contributed by atoms with Crippen LogP contribution in [0.4, 0.5) is 5.69 Å². The molecule has 7 nitrogen and oxygen atoms in total. The van der Waals surface area contributed by atoms with Crippen molar-refractivity contribution in [3.05, 3.63) is 54.1 Å². The van der Waals surface area contributed by atoms with Crippen LogP contribution >= 0.6 is 12.4 Å². The van der Waals surface area contributed by atoms with E-state index in [9.17, 15) is 9.59 Å². The lowest BCUT2D eigenvalue weighted by Gasteiger charge is -2.23. The molecule has 0 aliphatic carbocycles. The number of nitrogens with one attached hydrogen (secondary N) is 2. The molecule has 4 N–H and O–H groups in total. The Morgan fingerprint density at radius 2 is 1.93 bits per heavy atom. The molecule has 0 bridgehead atoms. The molecule has 2 aromatic rings. The van der Waals surface area contributed by atoms with Crippen LogP contribution in [0.3, 0.4) is 0 Å². The van der Waals surface area contributed by atoms with E-state index in [1.54, 1.807) is 48.5 Å². The second kappa shape index (κ2) is 9.91. The lowest BCUT2D eigenvalue weighted by Crippen LogP contribution is -2.43. The molecule has 2 aromatic carbocycles. The average Bonchev–Trinajstić information content (AvgIpc) is 2.64. The van der Waals surface area contributed by atoms with Crippen LogP contribution < -0.4 is 21.1 Å². The fourth-order valence-electron chi connectivity index (χ4n) is 2.68. The average molecular weight is 392 g/mol. The molecule has 1 heterocycles. The Bertz CT molecular complexity index is 777. The van der Waals surface area contributed by atoms with Crippen molar-refractivity contribution < 1.29 is 19.1 Å². The van der Waals surface area contributed by atoms with E-state index in [-0.39, 0.29) is 24.4 Å². The lowest BCUT2D eigenvalue weighted by molar-refractivity contribution is -0.117. The molecule has 1 fully saturated rings. The van der Waals surface area contributed by atoms with Gasteiger partial charge in [-0.15, -0.1) is 12.4 Å². The maximum absolute atomic E-state index is 12.1. The quantitative estimate of drug-likeness (QED) is 0.701. The number of halogens is 1. The first-order valence-corrected chi connectivity index (χ1v) is 8.39. The van der Waals surface area contributed by atoms with Gasteiger partial charge >= 0.3 is 0 Å². The number of ether oxygens (including phenoxy) is 2. The molecule has 1 atom stereocenters. The van der Waals surface area contributed by atoms with Gasteiger partial charge in [-0.1, -0.05) is 12.1 Å². The fourth-order valence-corrected chi connectivity index (χ4v) is 2.68. The van der Waals surface area contributed by atoms with Crippen LogP contribution in [0.1, 0.15) is 16.8 Å². The number of benzene rings is 2. The summed E-state index contributed by atoms with van der Waals surface area (Å²) in [5, 5.41) is 6.09. The van der Waals surface area contributed by atoms with Gasteiger partial charge in [0.1, 0.15) is 11.5 Å². The molecule has 0 aromatic heterocycles. The minimum absolute atomic E-state index is 0. The maximum atomic E-state index is 12.1. The molecule has 1 aliphatic heterocycles. The van der Waals surface area contributed by atoms with Gasteiger partial charge in [0.05, 0.1) is 18.8 Å². The second-order valence-electron chi connectivity index (χ2n) is 5.97. The third-order valence-corrected chi connectivity index (χ3v) is 3.95. The van der Waals surface area contributed by atoms with Crippen LogP contribution in [-0.2, 0) is 9.53 Å². The first-order chi connectivity index (χ1) is 12.6. The monoisotopic (exact) mass is 391 g/mol. The summed E-state index contributed by atoms with van der Waals surface area (Å²) in [6.07, 6.45) is 0.351. The lowest BCUT2D eigenvalue weighted by atomic mass is 10.2. The Morgan fingerprint density at radius 3 is 2.59 bits per heavy atom. The van der Waals surface area contributed by atoms with Crippen molar-refractivity contribution in [2.45, 2.75) is 12.5 Å². The number of hydrogen-bond acceptors (Lipinski definition) is 5. The molecule has 3 rings (SSSR count). The van der Waals surface area contributed by atoms with Gasteiger partial charge in [0, 0.05) is 24.7 Å². The molecule has 27 heavy (non-hydrogen) atoms. The molecule has 1 aliphatic rings. The highest BCUT2D eigenvalue weighted by molar-refractivity contribution is 5.95. The van der Waals surface area contributed by atoms with Crippen molar-refractivity contribution in [2.24, 2.45) is 5.73 Å². The number of primary amides is 1. The van der Waals surface area contributed by atoms with Crippen LogP contribution in [0.5, 0.6) is 11.5 Å². The molecule has 144 valence electrons. The Hall–Kier alpha value is -2.61. The van der Waals surface area contributed by atoms with E-state index >= 15 is 0 Å². The second-order valence-corrected chi connectivity index (χ2v) is 5.97. The van der Waals surface area contributed by atoms with Gasteiger partial charge < -0.3 is 25.8 Å². The molecule has 1 unspecified atom stereocenters. The van der Waals surface area contributed by atoms with E-state index in [1.807, 2.05) is 0 Å². The molecule has 2 amide bonds. The maximum Gasteiger partial charge on any atom is 0.252 e. The smallest absolute Gasteiger partial charge is 0.252 e. The Labute approximate surface area is 163 Å². The van der Waals surface area contributed by atoms with E-state index in [1.165, 1.54) is 0 Å². The number of carbonyl (C=O) groups is 2. The van der Waals surface area contributed by atoms with Crippen LogP contribution in [0, 0.1) is 0 Å². The molecule has 0 spiro atoms. The zero-order chi connectivity index (χ0) is 18.4. The highest BCUT2D eigenvalue weighted by Crippen LogP contribution is 2.26. The van der Waals surface area contributed by atoms with Gasteiger partial charge in [-0.25, -0.2) is 0 Å². The molecule has 1 saturated heterocycles. The fraction of sp³-hybridized carbons (Fsp3) is 0.263. The van der Waals surface area contributed by atoms with Crippen LogP contribution in [0.25, 0.3) is 0 Å². The summed E-state index contributed by atoms with van der Waals surface area (Å²) in [5.41, 5.74) is 6.32. The number of carbonyl (C=O) groups excluding carboxylic acids is 2. The highest BCUT2D eigenvalue weighted by Gasteiger charge is 2.17. The normalized spacial score (nSPS) is 16.1. The van der Waals surface area contributed by atoms with Gasteiger partial charge in [-0.2, -0.15) is 0 Å². The summed E-state index contributed by atoms with van der Waals surface area (Å²) >= 11 is 0. The number of amides is 2.